The molecule has 3 heteroatoms. The normalized spacial score (nSPS) is 31.1. The van der Waals surface area contributed by atoms with Crippen LogP contribution in [0.2, 0.25) is 0 Å². The average Bonchev–Trinajstić information content (AvgIpc) is 2.25. The average molecular weight is 229 g/mol. The van der Waals surface area contributed by atoms with Gasteiger partial charge in [-0.05, 0) is 32.7 Å². The van der Waals surface area contributed by atoms with Crippen LogP contribution in [-0.4, -0.2) is 38.5 Å². The quantitative estimate of drug-likeness (QED) is 0.692. The first-order valence-corrected chi connectivity index (χ1v) is 6.63. The second kappa shape index (κ2) is 7.25. The molecule has 1 fully saturated rings. The van der Waals surface area contributed by atoms with Gasteiger partial charge >= 0.3 is 0 Å². The standard InChI is InChI=1S/C13H27NO2/c1-5-7-10(3)9-16-12-8-11(14-4)13(12)15-6-2/h10-14H,5-9H2,1-4H3. The summed E-state index contributed by atoms with van der Waals surface area (Å²) in [5, 5.41) is 3.27. The van der Waals surface area contributed by atoms with Gasteiger partial charge in [0.2, 0.25) is 0 Å². The van der Waals surface area contributed by atoms with Crippen LogP contribution in [-0.2, 0) is 9.47 Å². The zero-order valence-corrected chi connectivity index (χ0v) is 11.2. The molecular formula is C13H27NO2. The zero-order valence-electron chi connectivity index (χ0n) is 11.2. The third-order valence-corrected chi connectivity index (χ3v) is 3.36. The summed E-state index contributed by atoms with van der Waals surface area (Å²) in [5.74, 6) is 0.668. The molecule has 0 amide bonds. The summed E-state index contributed by atoms with van der Waals surface area (Å²) in [6, 6.07) is 0.478. The van der Waals surface area contributed by atoms with Gasteiger partial charge in [-0.2, -0.15) is 0 Å². The van der Waals surface area contributed by atoms with Gasteiger partial charge in [0.05, 0.1) is 12.2 Å². The molecule has 0 spiro atoms. The molecule has 0 aliphatic heterocycles. The van der Waals surface area contributed by atoms with Gasteiger partial charge in [-0.15, -0.1) is 0 Å². The minimum absolute atomic E-state index is 0.254. The molecule has 1 aliphatic rings. The van der Waals surface area contributed by atoms with Crippen LogP contribution in [0.25, 0.3) is 0 Å². The van der Waals surface area contributed by atoms with Crippen molar-refractivity contribution in [1.82, 2.24) is 5.32 Å². The molecular weight excluding hydrogens is 202 g/mol. The first kappa shape index (κ1) is 13.9. The lowest BCUT2D eigenvalue weighted by Gasteiger charge is -2.44. The van der Waals surface area contributed by atoms with E-state index in [9.17, 15) is 0 Å². The van der Waals surface area contributed by atoms with Crippen molar-refractivity contribution < 1.29 is 9.47 Å². The molecule has 4 atom stereocenters. The summed E-state index contributed by atoms with van der Waals surface area (Å²) in [4.78, 5) is 0. The minimum atomic E-state index is 0.254. The third-order valence-electron chi connectivity index (χ3n) is 3.36. The van der Waals surface area contributed by atoms with Crippen LogP contribution >= 0.6 is 0 Å². The van der Waals surface area contributed by atoms with Crippen LogP contribution in [0.15, 0.2) is 0 Å². The molecule has 1 aliphatic carbocycles. The second-order valence-corrected chi connectivity index (χ2v) is 4.82. The summed E-state index contributed by atoms with van der Waals surface area (Å²) in [6.45, 7) is 8.17. The Kier molecular flexibility index (Phi) is 6.32. The Bertz CT molecular complexity index is 187. The van der Waals surface area contributed by atoms with Crippen molar-refractivity contribution in [1.29, 1.82) is 0 Å². The predicted molar refractivity (Wildman–Crippen MR) is 66.7 cm³/mol. The van der Waals surface area contributed by atoms with Gasteiger partial charge in [-0.3, -0.25) is 0 Å². The summed E-state index contributed by atoms with van der Waals surface area (Å²) in [5.41, 5.74) is 0. The second-order valence-electron chi connectivity index (χ2n) is 4.82. The van der Waals surface area contributed by atoms with E-state index in [1.165, 1.54) is 12.8 Å². The lowest BCUT2D eigenvalue weighted by Crippen LogP contribution is -2.59. The van der Waals surface area contributed by atoms with Crippen LogP contribution in [0.1, 0.15) is 40.0 Å². The molecule has 4 unspecified atom stereocenters. The number of rotatable bonds is 8. The number of likely N-dealkylation sites (N-methyl/N-ethyl adjacent to an activating group) is 1. The van der Waals surface area contributed by atoms with E-state index in [4.69, 9.17) is 9.47 Å². The molecule has 1 saturated carbocycles. The molecule has 0 aromatic heterocycles. The van der Waals surface area contributed by atoms with E-state index in [1.807, 2.05) is 14.0 Å². The maximum Gasteiger partial charge on any atom is 0.0990 e. The van der Waals surface area contributed by atoms with Gasteiger partial charge in [-0.1, -0.05) is 20.3 Å². The highest BCUT2D eigenvalue weighted by Gasteiger charge is 2.41. The first-order valence-electron chi connectivity index (χ1n) is 6.63. The number of ether oxygens (including phenoxy) is 2. The summed E-state index contributed by atoms with van der Waals surface area (Å²) >= 11 is 0. The highest BCUT2D eigenvalue weighted by atomic mass is 16.5. The van der Waals surface area contributed by atoms with Crippen molar-refractivity contribution in [3.05, 3.63) is 0 Å². The lowest BCUT2D eigenvalue weighted by molar-refractivity contribution is -0.148. The minimum Gasteiger partial charge on any atom is -0.375 e. The van der Waals surface area contributed by atoms with Gasteiger partial charge in [0, 0.05) is 19.3 Å². The molecule has 0 bridgehead atoms. The molecule has 0 saturated heterocycles. The van der Waals surface area contributed by atoms with Gasteiger partial charge in [0.15, 0.2) is 0 Å². The highest BCUT2D eigenvalue weighted by molar-refractivity contribution is 4.96. The molecule has 0 heterocycles. The zero-order chi connectivity index (χ0) is 12.0. The van der Waals surface area contributed by atoms with Crippen molar-refractivity contribution in [3.63, 3.8) is 0 Å². The Morgan fingerprint density at radius 1 is 1.31 bits per heavy atom. The van der Waals surface area contributed by atoms with E-state index < -0.39 is 0 Å². The Hall–Kier alpha value is -0.120. The first-order chi connectivity index (χ1) is 7.72. The van der Waals surface area contributed by atoms with Crippen LogP contribution in [0.3, 0.4) is 0 Å². The maximum absolute atomic E-state index is 5.92. The molecule has 16 heavy (non-hydrogen) atoms. The van der Waals surface area contributed by atoms with Crippen LogP contribution < -0.4 is 5.32 Å². The van der Waals surface area contributed by atoms with E-state index in [1.54, 1.807) is 0 Å². The van der Waals surface area contributed by atoms with E-state index in [2.05, 4.69) is 19.2 Å². The van der Waals surface area contributed by atoms with Crippen molar-refractivity contribution >= 4 is 0 Å². The van der Waals surface area contributed by atoms with E-state index in [-0.39, 0.29) is 6.10 Å². The topological polar surface area (TPSA) is 30.5 Å². The van der Waals surface area contributed by atoms with Crippen molar-refractivity contribution in [2.24, 2.45) is 5.92 Å². The Morgan fingerprint density at radius 3 is 2.62 bits per heavy atom. The van der Waals surface area contributed by atoms with E-state index in [0.29, 0.717) is 18.1 Å². The number of nitrogens with one attached hydrogen (secondary N) is 1. The van der Waals surface area contributed by atoms with E-state index >= 15 is 0 Å². The predicted octanol–water partition coefficient (Wildman–Crippen LogP) is 2.20. The third kappa shape index (κ3) is 3.72. The van der Waals surface area contributed by atoms with Gasteiger partial charge in [0.1, 0.15) is 0 Å². The highest BCUT2D eigenvalue weighted by Crippen LogP contribution is 2.27. The van der Waals surface area contributed by atoms with Gasteiger partial charge in [-0.25, -0.2) is 0 Å². The summed E-state index contributed by atoms with van der Waals surface area (Å²) < 4.78 is 11.6. The summed E-state index contributed by atoms with van der Waals surface area (Å²) in [7, 11) is 1.99. The monoisotopic (exact) mass is 229 g/mol. The Balaban J connectivity index is 2.22. The largest absolute Gasteiger partial charge is 0.375 e. The van der Waals surface area contributed by atoms with Crippen LogP contribution in [0.4, 0.5) is 0 Å². The molecule has 1 N–H and O–H groups in total. The Labute approximate surface area is 99.9 Å². The molecule has 3 nitrogen and oxygen atoms in total. The van der Waals surface area contributed by atoms with Crippen molar-refractivity contribution in [2.45, 2.75) is 58.3 Å². The van der Waals surface area contributed by atoms with Crippen molar-refractivity contribution in [2.75, 3.05) is 20.3 Å². The molecule has 96 valence electrons. The molecule has 0 aromatic rings. The number of hydrogen-bond acceptors (Lipinski definition) is 3. The van der Waals surface area contributed by atoms with E-state index in [0.717, 1.165) is 19.6 Å². The fourth-order valence-electron chi connectivity index (χ4n) is 2.31. The fraction of sp³-hybridized carbons (Fsp3) is 1.00. The SMILES string of the molecule is CCCC(C)COC1CC(NC)C1OCC. The molecule has 1 rings (SSSR count). The van der Waals surface area contributed by atoms with Crippen molar-refractivity contribution in [3.8, 4) is 0 Å². The smallest absolute Gasteiger partial charge is 0.0990 e. The molecule has 0 aromatic carbocycles. The van der Waals surface area contributed by atoms with Crippen LogP contribution in [0, 0.1) is 5.92 Å². The molecule has 0 radical (unpaired) electrons. The Morgan fingerprint density at radius 2 is 2.06 bits per heavy atom. The fourth-order valence-corrected chi connectivity index (χ4v) is 2.31. The lowest BCUT2D eigenvalue weighted by atomic mass is 9.85. The number of hydrogen-bond donors (Lipinski definition) is 1. The van der Waals surface area contributed by atoms with Gasteiger partial charge in [0.25, 0.3) is 0 Å². The summed E-state index contributed by atoms with van der Waals surface area (Å²) in [6.07, 6.45) is 4.13. The van der Waals surface area contributed by atoms with Crippen LogP contribution in [0.5, 0.6) is 0 Å². The van der Waals surface area contributed by atoms with Gasteiger partial charge < -0.3 is 14.8 Å². The maximum atomic E-state index is 5.92.